The zero-order chi connectivity index (χ0) is 99.6. The Morgan fingerprint density at radius 2 is 1.39 bits per heavy atom. The van der Waals surface area contributed by atoms with E-state index >= 15 is 0 Å². The van der Waals surface area contributed by atoms with Crippen molar-refractivity contribution in [1.29, 1.82) is 0 Å². The largest absolute Gasteiger partial charge is 0.497 e. The van der Waals surface area contributed by atoms with Crippen LogP contribution < -0.4 is 61.7 Å². The Morgan fingerprint density at radius 1 is 0.634 bits per heavy atom. The Morgan fingerprint density at radius 3 is 2.11 bits per heavy atom. The number of methoxy groups -OCH3 is 2. The summed E-state index contributed by atoms with van der Waals surface area (Å²) in [5, 5.41) is 41.4. The van der Waals surface area contributed by atoms with Gasteiger partial charge < -0.3 is 56.4 Å². The molecule has 37 heteroatoms. The summed E-state index contributed by atoms with van der Waals surface area (Å²) in [6.45, 7) is 7.15. The number of nitrogens with two attached hydrogens (primary N) is 2. The van der Waals surface area contributed by atoms with E-state index in [0.717, 1.165) is 106 Å². The van der Waals surface area contributed by atoms with Crippen LogP contribution in [-0.2, 0) is 43.8 Å². The molecule has 1 fully saturated rings. The molecule has 142 heavy (non-hydrogen) atoms. The van der Waals surface area contributed by atoms with Gasteiger partial charge in [-0.05, 0) is 217 Å². The number of ether oxygens (including phenoxy) is 5. The van der Waals surface area contributed by atoms with Crippen molar-refractivity contribution in [2.24, 2.45) is 0 Å². The molecular weight excluding hydrogens is 1850 g/mol. The maximum atomic E-state index is 13.9. The van der Waals surface area contributed by atoms with Gasteiger partial charge in [-0.3, -0.25) is 58.5 Å². The lowest BCUT2D eigenvalue weighted by Crippen LogP contribution is -2.54. The van der Waals surface area contributed by atoms with E-state index < -0.39 is 69.0 Å². The van der Waals surface area contributed by atoms with Crippen molar-refractivity contribution in [2.75, 3.05) is 68.5 Å². The summed E-state index contributed by atoms with van der Waals surface area (Å²) in [5.41, 5.74) is 27.5. The molecule has 716 valence electrons. The minimum absolute atomic E-state index is 0.0322. The van der Waals surface area contributed by atoms with Crippen LogP contribution in [0.1, 0.15) is 130 Å². The maximum absolute atomic E-state index is 13.9. The molecule has 1 aliphatic carbocycles. The minimum Gasteiger partial charge on any atom is -0.497 e. The molecule has 16 aromatic rings. The number of fused-ring (bicyclic) bond motifs is 5. The Balaban J connectivity index is 0.000000124. The molecule has 0 spiro atoms. The molecule has 8 amide bonds. The number of sulfone groups is 1. The van der Waals surface area contributed by atoms with E-state index in [-0.39, 0.29) is 70.7 Å². The Bertz CT molecular complexity index is 7800. The van der Waals surface area contributed by atoms with Crippen molar-refractivity contribution in [1.82, 2.24) is 75.7 Å². The highest BCUT2D eigenvalue weighted by Crippen LogP contribution is 2.46. The van der Waals surface area contributed by atoms with Gasteiger partial charge in [0.25, 0.3) is 29.5 Å². The standard InChI is InChI=1S/C28H21N7OS.C22H17N5O2.C22H24N2O7S.C20H19FN2O.C13H11N3O4/c1-17-15-24(37-16-17)25-20-5-2-3-6-21(20)26(35-34-25)32-18-8-10-19(11-9-18)36-27-22(7-4-13-30-27)23-12-14-31-28(29)33-23;1-28-16-7-8-17-19(13-16)23-12-11-20(17)29-14-22-25-24-21-10-9-18(26-27(21)22)15-5-3-2-4-6-15;1-5-31-19-11-14(9-10-18(19)30-3)17(12-32(4,28)29)24-21(26)15-7-6-8-16(23-13(2)25)20(15)22(24)27;1-22-11-12-2-4-13(5-3-12)17-9-14-8-15(21)10-18-19(14)16(17)6-7-23-20(18)24;14-7-3-1-2-6-10(7)13(20)16(12(6)19)8-4-5-9(17)15-11(8)18/h2-16H,1H3,(H,32,35)(H2,29,31,33);2-13H,14H2,1H3;6-11,17H,5,12H2,1-4H3,(H,23,25);2-5,8,10,22H,6-7,9,11H2,1H3,(H,23,24);1-3,8H,4-5,14H2,(H,15,17,18)/t;;17-;;/m..1../s1. The highest BCUT2D eigenvalue weighted by atomic mass is 32.2. The van der Waals surface area contributed by atoms with Crippen molar-refractivity contribution in [2.45, 2.75) is 71.7 Å². The Hall–Kier alpha value is -17.5. The van der Waals surface area contributed by atoms with E-state index in [2.05, 4.69) is 127 Å². The van der Waals surface area contributed by atoms with Gasteiger partial charge in [-0.25, -0.2) is 27.8 Å². The molecule has 1 saturated heterocycles. The number of allylic oxidation sites excluding steroid dienone is 1. The number of aryl methyl sites for hydroxylation is 1. The highest BCUT2D eigenvalue weighted by molar-refractivity contribution is 7.90. The molecule has 0 radical (unpaired) electrons. The lowest BCUT2D eigenvalue weighted by Gasteiger charge is -2.27. The van der Waals surface area contributed by atoms with Gasteiger partial charge >= 0.3 is 0 Å². The number of piperidine rings is 1. The monoisotopic (exact) mass is 1940 g/mol. The summed E-state index contributed by atoms with van der Waals surface area (Å²) in [6.07, 6.45) is 7.73. The second-order valence-electron chi connectivity index (χ2n) is 33.2. The van der Waals surface area contributed by atoms with Gasteiger partial charge in [0.05, 0.1) is 93.5 Å². The minimum atomic E-state index is -3.60. The number of hydrogen-bond donors (Lipinski definition) is 7. The van der Waals surface area contributed by atoms with Crippen LogP contribution in [-0.4, -0.2) is 168 Å². The van der Waals surface area contributed by atoms with Crippen molar-refractivity contribution in [3.05, 3.63) is 327 Å². The number of rotatable bonds is 23. The first-order chi connectivity index (χ1) is 68.7. The van der Waals surface area contributed by atoms with Crippen molar-refractivity contribution in [3.8, 4) is 67.7 Å². The molecule has 9 aromatic carbocycles. The van der Waals surface area contributed by atoms with Gasteiger partial charge in [0.1, 0.15) is 51.2 Å². The number of hydrogen-bond acceptors (Lipinski definition) is 29. The summed E-state index contributed by atoms with van der Waals surface area (Å²) in [5.74, 6) is -0.0585. The van der Waals surface area contributed by atoms with Crippen LogP contribution in [0.2, 0.25) is 0 Å². The Kier molecular flexibility index (Phi) is 28.6. The SMILES string of the molecule is CCOc1cc([C@@H](CS(C)(=O)=O)N2C(=O)c3cccc(NC(C)=O)c3C2=O)ccc1OC.CNCc1ccc(C2=C3CCNC(=O)c4cc(F)cc(c43)C2)cc1.COc1ccc2c(OCc3nnc4ccc(-c5ccccc5)nn34)ccnc2c1.Cc1csc(-c2nnc(Nc3ccc(Oc4ncccc4-c4ccnc(N)n4)cc3)c3ccccc23)c1.Nc1cccc2c1C(=O)N(C1CCC(=O)NC1=O)C2=O. The predicted octanol–water partition coefficient (Wildman–Crippen LogP) is 15.8. The summed E-state index contributed by atoms with van der Waals surface area (Å²) in [6, 6.07) is 67.9. The fourth-order valence-electron chi connectivity index (χ4n) is 17.1. The second-order valence-corrected chi connectivity index (χ2v) is 36.3. The van der Waals surface area contributed by atoms with Crippen molar-refractivity contribution < 1.29 is 74.8 Å². The van der Waals surface area contributed by atoms with Gasteiger partial charge in [0.2, 0.25) is 29.5 Å². The fourth-order valence-corrected chi connectivity index (χ4v) is 18.9. The van der Waals surface area contributed by atoms with Crippen LogP contribution in [0.25, 0.3) is 71.6 Å². The fraction of sp³-hybridized carbons (Fsp3) is 0.171. The molecular formula is C105H92FN19O15S2. The van der Waals surface area contributed by atoms with Gasteiger partial charge in [-0.15, -0.1) is 31.7 Å². The summed E-state index contributed by atoms with van der Waals surface area (Å²) in [7, 11) is 1.43. The van der Waals surface area contributed by atoms with E-state index in [1.807, 2.05) is 122 Å². The molecule has 34 nitrogen and oxygen atoms in total. The number of nitrogens with zero attached hydrogens (tertiary/aromatic N) is 12. The lowest BCUT2D eigenvalue weighted by atomic mass is 9.96. The molecule has 2 atom stereocenters. The first-order valence-electron chi connectivity index (χ1n) is 44.9. The van der Waals surface area contributed by atoms with E-state index in [1.165, 1.54) is 66.6 Å². The second kappa shape index (κ2) is 42.3. The number of carbonyl (C=O) groups excluding carboxylic acids is 8. The molecule has 4 aliphatic heterocycles. The van der Waals surface area contributed by atoms with Gasteiger partial charge in [-0.1, -0.05) is 97.1 Å². The van der Waals surface area contributed by atoms with E-state index in [9.17, 15) is 51.2 Å². The van der Waals surface area contributed by atoms with Crippen LogP contribution in [0.4, 0.5) is 33.2 Å². The summed E-state index contributed by atoms with van der Waals surface area (Å²) >= 11 is 1.67. The zero-order valence-corrected chi connectivity index (χ0v) is 79.2. The van der Waals surface area contributed by atoms with E-state index in [1.54, 1.807) is 90.9 Å². The molecule has 1 unspecified atom stereocenters. The molecule has 5 aliphatic rings. The topological polar surface area (TPSA) is 456 Å². The number of nitrogens with one attached hydrogen (secondary N) is 5. The zero-order valence-electron chi connectivity index (χ0n) is 77.6. The number of amides is 8. The van der Waals surface area contributed by atoms with Crippen LogP contribution in [0, 0.1) is 12.7 Å². The van der Waals surface area contributed by atoms with E-state index in [0.29, 0.717) is 82.6 Å². The van der Waals surface area contributed by atoms with Crippen LogP contribution in [0.15, 0.2) is 254 Å². The molecule has 7 aromatic heterocycles. The lowest BCUT2D eigenvalue weighted by molar-refractivity contribution is -0.136. The van der Waals surface area contributed by atoms with Crippen molar-refractivity contribution >= 4 is 136 Å². The first-order valence-corrected chi connectivity index (χ1v) is 47.8. The third-order valence-electron chi connectivity index (χ3n) is 23.6. The number of thiophene rings is 1. The van der Waals surface area contributed by atoms with Gasteiger partial charge in [-0.2, -0.15) is 9.61 Å². The number of nitrogen functional groups attached to an aromatic ring is 2. The molecule has 0 bridgehead atoms. The normalized spacial score (nSPS) is 14.1. The third-order valence-corrected chi connectivity index (χ3v) is 25.6. The van der Waals surface area contributed by atoms with Crippen LogP contribution >= 0.6 is 11.3 Å². The van der Waals surface area contributed by atoms with Crippen LogP contribution in [0.3, 0.4) is 0 Å². The van der Waals surface area contributed by atoms with Crippen molar-refractivity contribution in [3.63, 3.8) is 0 Å². The quantitative estimate of drug-likeness (QED) is 0.0231. The summed E-state index contributed by atoms with van der Waals surface area (Å²) in [4.78, 5) is 118. The number of anilines is 5. The maximum Gasteiger partial charge on any atom is 0.264 e. The number of halogens is 1. The number of pyridine rings is 2. The number of benzene rings is 9. The smallest absolute Gasteiger partial charge is 0.264 e. The highest BCUT2D eigenvalue weighted by Gasteiger charge is 2.47. The first kappa shape index (κ1) is 96.2. The Labute approximate surface area is 816 Å². The molecule has 21 rings (SSSR count). The third kappa shape index (κ3) is 21.0. The predicted molar refractivity (Wildman–Crippen MR) is 534 cm³/mol. The number of imide groups is 3. The number of carbonyl (C=O) groups is 8. The van der Waals surface area contributed by atoms with Gasteiger partial charge in [0.15, 0.2) is 28.8 Å². The molecule has 9 N–H and O–H groups in total. The average molecular weight is 1940 g/mol. The molecule has 11 heterocycles. The summed E-state index contributed by atoms with van der Waals surface area (Å²) < 4.78 is 68.4. The van der Waals surface area contributed by atoms with Crippen LogP contribution in [0.5, 0.6) is 34.6 Å². The van der Waals surface area contributed by atoms with E-state index in [4.69, 9.17) is 35.2 Å². The average Bonchev–Trinajstić information content (AvgIpc) is 1.61. The molecule has 0 saturated carbocycles. The number of aromatic nitrogens is 10. The van der Waals surface area contributed by atoms with Gasteiger partial charge in [0, 0.05) is 90.4 Å².